The van der Waals surface area contributed by atoms with E-state index in [0.717, 1.165) is 42.1 Å². The second-order valence-electron chi connectivity index (χ2n) is 8.00. The number of nitrogens with zero attached hydrogens (tertiary/aromatic N) is 3. The van der Waals surface area contributed by atoms with Gasteiger partial charge in [-0.2, -0.15) is 5.10 Å². The lowest BCUT2D eigenvalue weighted by Crippen LogP contribution is -2.42. The molecular formula is C24H27N6O2+. The number of anilines is 1. The zero-order valence-electron chi connectivity index (χ0n) is 18.2. The first-order valence-corrected chi connectivity index (χ1v) is 10.6. The van der Waals surface area contributed by atoms with Gasteiger partial charge in [0.05, 0.1) is 24.5 Å². The van der Waals surface area contributed by atoms with Gasteiger partial charge in [0, 0.05) is 16.8 Å². The van der Waals surface area contributed by atoms with Crippen molar-refractivity contribution in [2.45, 2.75) is 13.0 Å². The number of amides is 2. The van der Waals surface area contributed by atoms with Gasteiger partial charge in [0.25, 0.3) is 5.91 Å². The number of carbonyl (C=O) groups excluding carboxylic acids is 2. The Morgan fingerprint density at radius 1 is 1.16 bits per heavy atom. The first-order chi connectivity index (χ1) is 15.4. The molecule has 1 aromatic heterocycles. The minimum Gasteiger partial charge on any atom is -0.368 e. The number of H-pyrrole nitrogens is 1. The molecule has 1 atom stereocenters. The first-order valence-electron chi connectivity index (χ1n) is 10.6. The molecule has 0 saturated heterocycles. The van der Waals surface area contributed by atoms with Crippen LogP contribution in [0.25, 0.3) is 22.5 Å². The monoisotopic (exact) mass is 431 g/mol. The van der Waals surface area contributed by atoms with Gasteiger partial charge in [0.1, 0.15) is 13.1 Å². The topological polar surface area (TPSA) is 107 Å². The molecule has 4 N–H and O–H groups in total. The third-order valence-corrected chi connectivity index (χ3v) is 5.65. The SMILES string of the molecule is CC(NC(=O)c1cccc(-c2cc(-c3ccc(N4CC=[N+](C)CC4)cc3)[nH]n2)c1)C(N)=O. The fraction of sp³-hybridized carbons (Fsp3) is 0.250. The number of nitrogens with one attached hydrogen (secondary N) is 2. The van der Waals surface area contributed by atoms with Crippen LogP contribution in [-0.2, 0) is 4.79 Å². The molecule has 32 heavy (non-hydrogen) atoms. The summed E-state index contributed by atoms with van der Waals surface area (Å²) in [5.74, 6) is -0.936. The van der Waals surface area contributed by atoms with Crippen molar-refractivity contribution in [1.82, 2.24) is 15.5 Å². The highest BCUT2D eigenvalue weighted by atomic mass is 16.2. The number of rotatable bonds is 6. The molecule has 0 aliphatic carbocycles. The van der Waals surface area contributed by atoms with E-state index >= 15 is 0 Å². The van der Waals surface area contributed by atoms with Gasteiger partial charge in [-0.05, 0) is 42.8 Å². The Hall–Kier alpha value is -3.94. The van der Waals surface area contributed by atoms with Gasteiger partial charge in [-0.25, -0.2) is 4.58 Å². The largest absolute Gasteiger partial charge is 0.368 e. The fourth-order valence-corrected chi connectivity index (χ4v) is 3.57. The quantitative estimate of drug-likeness (QED) is 0.518. The molecule has 2 heterocycles. The number of primary amides is 1. The third-order valence-electron chi connectivity index (χ3n) is 5.65. The predicted molar refractivity (Wildman–Crippen MR) is 125 cm³/mol. The molecule has 164 valence electrons. The molecule has 8 heteroatoms. The van der Waals surface area contributed by atoms with E-state index in [1.165, 1.54) is 5.69 Å². The molecule has 0 radical (unpaired) electrons. The lowest BCUT2D eigenvalue weighted by Gasteiger charge is -2.24. The summed E-state index contributed by atoms with van der Waals surface area (Å²) in [6.45, 7) is 4.48. The Bertz CT molecular complexity index is 1170. The van der Waals surface area contributed by atoms with Crippen LogP contribution >= 0.6 is 0 Å². The van der Waals surface area contributed by atoms with Gasteiger partial charge in [0.2, 0.25) is 5.91 Å². The average molecular weight is 432 g/mol. The molecule has 0 fully saturated rings. The number of aromatic nitrogens is 2. The number of carbonyl (C=O) groups is 2. The lowest BCUT2D eigenvalue weighted by molar-refractivity contribution is -0.493. The van der Waals surface area contributed by atoms with E-state index in [1.807, 2.05) is 12.1 Å². The van der Waals surface area contributed by atoms with E-state index in [4.69, 9.17) is 5.73 Å². The van der Waals surface area contributed by atoms with E-state index < -0.39 is 11.9 Å². The summed E-state index contributed by atoms with van der Waals surface area (Å²) in [6, 6.07) is 16.7. The van der Waals surface area contributed by atoms with E-state index in [-0.39, 0.29) is 5.91 Å². The van der Waals surface area contributed by atoms with Crippen molar-refractivity contribution in [2.24, 2.45) is 5.73 Å². The van der Waals surface area contributed by atoms with E-state index in [1.54, 1.807) is 25.1 Å². The summed E-state index contributed by atoms with van der Waals surface area (Å²) < 4.78 is 2.22. The summed E-state index contributed by atoms with van der Waals surface area (Å²) in [5.41, 5.74) is 10.3. The normalized spacial score (nSPS) is 14.6. The summed E-state index contributed by atoms with van der Waals surface area (Å²) >= 11 is 0. The van der Waals surface area contributed by atoms with Crippen LogP contribution in [0.4, 0.5) is 5.69 Å². The Morgan fingerprint density at radius 2 is 1.94 bits per heavy atom. The van der Waals surface area contributed by atoms with Crippen LogP contribution in [0.15, 0.2) is 54.6 Å². The van der Waals surface area contributed by atoms with Crippen molar-refractivity contribution in [1.29, 1.82) is 0 Å². The van der Waals surface area contributed by atoms with Crippen molar-refractivity contribution in [3.05, 3.63) is 60.2 Å². The lowest BCUT2D eigenvalue weighted by atomic mass is 10.1. The van der Waals surface area contributed by atoms with E-state index in [2.05, 4.69) is 62.5 Å². The number of nitrogens with two attached hydrogens (primary N) is 1. The molecule has 1 aliphatic rings. The van der Waals surface area contributed by atoms with Gasteiger partial charge < -0.3 is 16.0 Å². The third kappa shape index (κ3) is 4.69. The minimum atomic E-state index is -0.741. The first kappa shape index (κ1) is 21.3. The van der Waals surface area contributed by atoms with Crippen LogP contribution in [0, 0.1) is 0 Å². The molecule has 2 amide bonds. The standard InChI is InChI=1S/C24H26N6O2/c1-16(23(25)31)26-24(32)19-5-3-4-18(14-19)22-15-21(27-28-22)17-6-8-20(9-7-17)30-12-10-29(2)11-13-30/h3-10,14-16H,11-13H2,1-2H3,(H3-,25,26,27,28,31,32)/p+1. The van der Waals surface area contributed by atoms with Gasteiger partial charge in [0.15, 0.2) is 12.8 Å². The molecule has 0 spiro atoms. The summed E-state index contributed by atoms with van der Waals surface area (Å²) in [5, 5.41) is 10.1. The highest BCUT2D eigenvalue weighted by Gasteiger charge is 2.16. The van der Waals surface area contributed by atoms with Crippen LogP contribution in [0.2, 0.25) is 0 Å². The fourth-order valence-electron chi connectivity index (χ4n) is 3.57. The van der Waals surface area contributed by atoms with Crippen molar-refractivity contribution in [3.8, 4) is 22.5 Å². The number of hydrogen-bond acceptors (Lipinski definition) is 4. The van der Waals surface area contributed by atoms with E-state index in [0.29, 0.717) is 5.56 Å². The highest BCUT2D eigenvalue weighted by Crippen LogP contribution is 2.26. The Morgan fingerprint density at radius 3 is 2.62 bits per heavy atom. The average Bonchev–Trinajstić information content (AvgIpc) is 3.30. The molecule has 1 unspecified atom stereocenters. The van der Waals surface area contributed by atoms with Gasteiger partial charge in [-0.15, -0.1) is 0 Å². The second-order valence-corrected chi connectivity index (χ2v) is 8.00. The van der Waals surface area contributed by atoms with Crippen molar-refractivity contribution < 1.29 is 14.2 Å². The number of benzene rings is 2. The molecule has 8 nitrogen and oxygen atoms in total. The highest BCUT2D eigenvalue weighted by molar-refractivity contribution is 5.98. The zero-order valence-corrected chi connectivity index (χ0v) is 18.2. The second kappa shape index (κ2) is 9.05. The van der Waals surface area contributed by atoms with Crippen LogP contribution in [-0.4, -0.2) is 65.5 Å². The Balaban J connectivity index is 1.49. The van der Waals surface area contributed by atoms with Gasteiger partial charge in [-0.3, -0.25) is 14.7 Å². The molecule has 1 aliphatic heterocycles. The summed E-state index contributed by atoms with van der Waals surface area (Å²) in [4.78, 5) is 25.9. The van der Waals surface area contributed by atoms with Crippen molar-refractivity contribution in [2.75, 3.05) is 31.6 Å². The number of likely N-dealkylation sites (N-methyl/N-ethyl adjacent to an activating group) is 1. The Labute approximate surface area is 186 Å². The number of aromatic amines is 1. The van der Waals surface area contributed by atoms with Gasteiger partial charge >= 0.3 is 0 Å². The van der Waals surface area contributed by atoms with Crippen molar-refractivity contribution in [3.63, 3.8) is 0 Å². The molecule has 2 aromatic carbocycles. The van der Waals surface area contributed by atoms with Crippen LogP contribution in [0.1, 0.15) is 17.3 Å². The Kier molecular flexibility index (Phi) is 6.02. The summed E-state index contributed by atoms with van der Waals surface area (Å²) in [6.07, 6.45) is 2.20. The predicted octanol–water partition coefficient (Wildman–Crippen LogP) is 1.88. The number of hydrogen-bond donors (Lipinski definition) is 3. The van der Waals surface area contributed by atoms with Crippen molar-refractivity contribution >= 4 is 23.7 Å². The molecule has 4 rings (SSSR count). The minimum absolute atomic E-state index is 0.356. The summed E-state index contributed by atoms with van der Waals surface area (Å²) in [7, 11) is 2.10. The van der Waals surface area contributed by atoms with Gasteiger partial charge in [-0.1, -0.05) is 24.3 Å². The van der Waals surface area contributed by atoms with E-state index in [9.17, 15) is 9.59 Å². The molecule has 0 saturated carbocycles. The smallest absolute Gasteiger partial charge is 0.251 e. The maximum absolute atomic E-state index is 12.4. The van der Waals surface area contributed by atoms with Crippen LogP contribution < -0.4 is 16.0 Å². The maximum Gasteiger partial charge on any atom is 0.251 e. The maximum atomic E-state index is 12.4. The molecule has 0 bridgehead atoms. The van der Waals surface area contributed by atoms with Crippen LogP contribution in [0.3, 0.4) is 0 Å². The molecule has 3 aromatic rings. The molecular weight excluding hydrogens is 404 g/mol. The zero-order chi connectivity index (χ0) is 22.7. The van der Waals surface area contributed by atoms with Crippen LogP contribution in [0.5, 0.6) is 0 Å².